The zero-order chi connectivity index (χ0) is 19.0. The van der Waals surface area contributed by atoms with Crippen LogP contribution in [0.4, 0.5) is 5.13 Å². The number of hydrogen-bond acceptors (Lipinski definition) is 6. The van der Waals surface area contributed by atoms with Crippen molar-refractivity contribution in [2.24, 2.45) is 0 Å². The smallest absolute Gasteiger partial charge is 0.279 e. The molecular weight excluding hydrogens is 362 g/mol. The Morgan fingerprint density at radius 3 is 2.78 bits per heavy atom. The molecule has 0 aliphatic carbocycles. The van der Waals surface area contributed by atoms with Gasteiger partial charge in [0.15, 0.2) is 10.8 Å². The summed E-state index contributed by atoms with van der Waals surface area (Å²) in [7, 11) is 1.62. The molecule has 0 spiro atoms. The SMILES string of the molecule is COc1ccc2nc(NC(=O)c3nnn(-c4ccccc4C)c3C)sc2c1. The molecule has 136 valence electrons. The minimum atomic E-state index is -0.335. The highest BCUT2D eigenvalue weighted by Crippen LogP contribution is 2.29. The normalized spacial score (nSPS) is 10.9. The van der Waals surface area contributed by atoms with E-state index in [9.17, 15) is 4.79 Å². The number of aryl methyl sites for hydroxylation is 1. The summed E-state index contributed by atoms with van der Waals surface area (Å²) >= 11 is 1.38. The molecule has 27 heavy (non-hydrogen) atoms. The zero-order valence-electron chi connectivity index (χ0n) is 15.1. The maximum Gasteiger partial charge on any atom is 0.279 e. The van der Waals surface area contributed by atoms with E-state index in [2.05, 4.69) is 20.6 Å². The van der Waals surface area contributed by atoms with Crippen LogP contribution in [0.2, 0.25) is 0 Å². The summed E-state index contributed by atoms with van der Waals surface area (Å²) in [6.07, 6.45) is 0. The number of aromatic nitrogens is 4. The predicted molar refractivity (Wildman–Crippen MR) is 105 cm³/mol. The summed E-state index contributed by atoms with van der Waals surface area (Å²) in [4.78, 5) is 17.1. The summed E-state index contributed by atoms with van der Waals surface area (Å²) < 4.78 is 7.83. The maximum atomic E-state index is 12.7. The van der Waals surface area contributed by atoms with Crippen molar-refractivity contribution in [2.45, 2.75) is 13.8 Å². The molecule has 7 nitrogen and oxygen atoms in total. The van der Waals surface area contributed by atoms with Crippen LogP contribution in [0.25, 0.3) is 15.9 Å². The zero-order valence-corrected chi connectivity index (χ0v) is 15.9. The number of amides is 1. The van der Waals surface area contributed by atoms with Gasteiger partial charge in [0.05, 0.1) is 28.7 Å². The predicted octanol–water partition coefficient (Wildman–Crippen LogP) is 3.75. The number of methoxy groups -OCH3 is 1. The Bertz CT molecular complexity index is 1150. The summed E-state index contributed by atoms with van der Waals surface area (Å²) in [5, 5.41) is 11.5. The number of ether oxygens (including phenoxy) is 1. The van der Waals surface area contributed by atoms with Crippen molar-refractivity contribution in [1.82, 2.24) is 20.0 Å². The number of carbonyl (C=O) groups is 1. The van der Waals surface area contributed by atoms with Crippen LogP contribution >= 0.6 is 11.3 Å². The Labute approximate surface area is 159 Å². The molecule has 0 aliphatic heterocycles. The molecule has 4 aromatic rings. The third-order valence-corrected chi connectivity index (χ3v) is 5.20. The van der Waals surface area contributed by atoms with E-state index in [-0.39, 0.29) is 11.6 Å². The number of fused-ring (bicyclic) bond motifs is 1. The highest BCUT2D eigenvalue weighted by atomic mass is 32.1. The molecule has 0 bridgehead atoms. The van der Waals surface area contributed by atoms with Crippen LogP contribution in [0.15, 0.2) is 42.5 Å². The molecule has 8 heteroatoms. The Morgan fingerprint density at radius 1 is 1.19 bits per heavy atom. The van der Waals surface area contributed by atoms with E-state index < -0.39 is 0 Å². The van der Waals surface area contributed by atoms with Crippen molar-refractivity contribution in [3.8, 4) is 11.4 Å². The topological polar surface area (TPSA) is 81.9 Å². The standard InChI is InChI=1S/C19H17N5O2S/c1-11-6-4-5-7-15(11)24-12(2)17(22-23-24)18(25)21-19-20-14-9-8-13(26-3)10-16(14)27-19/h4-10H,1-3H3,(H,20,21,25). The molecule has 0 radical (unpaired) electrons. The highest BCUT2D eigenvalue weighted by molar-refractivity contribution is 7.22. The molecule has 0 aliphatic rings. The molecule has 2 heterocycles. The van der Waals surface area contributed by atoms with Crippen LogP contribution < -0.4 is 10.1 Å². The van der Waals surface area contributed by atoms with E-state index >= 15 is 0 Å². The fourth-order valence-corrected chi connectivity index (χ4v) is 3.70. The van der Waals surface area contributed by atoms with Gasteiger partial charge in [-0.05, 0) is 43.7 Å². The molecule has 0 atom stereocenters. The number of nitrogens with zero attached hydrogens (tertiary/aromatic N) is 4. The minimum absolute atomic E-state index is 0.273. The Balaban J connectivity index is 1.61. The second kappa shape index (κ2) is 6.81. The molecule has 2 aromatic heterocycles. The Hall–Kier alpha value is -3.26. The van der Waals surface area contributed by atoms with Crippen molar-refractivity contribution in [3.05, 3.63) is 59.4 Å². The second-order valence-electron chi connectivity index (χ2n) is 6.03. The lowest BCUT2D eigenvalue weighted by atomic mass is 10.2. The van der Waals surface area contributed by atoms with Gasteiger partial charge in [-0.25, -0.2) is 9.67 Å². The molecule has 1 amide bonds. The fraction of sp³-hybridized carbons (Fsp3) is 0.158. The van der Waals surface area contributed by atoms with Crippen LogP contribution in [0.5, 0.6) is 5.75 Å². The van der Waals surface area contributed by atoms with E-state index in [1.165, 1.54) is 11.3 Å². The van der Waals surface area contributed by atoms with Crippen LogP contribution in [0.1, 0.15) is 21.7 Å². The monoisotopic (exact) mass is 379 g/mol. The summed E-state index contributed by atoms with van der Waals surface area (Å²) in [5.41, 5.74) is 3.70. The Morgan fingerprint density at radius 2 is 2.00 bits per heavy atom. The van der Waals surface area contributed by atoms with Crippen molar-refractivity contribution >= 4 is 32.6 Å². The third-order valence-electron chi connectivity index (χ3n) is 4.27. The van der Waals surface area contributed by atoms with Gasteiger partial charge in [-0.3, -0.25) is 10.1 Å². The van der Waals surface area contributed by atoms with E-state index in [0.29, 0.717) is 10.8 Å². The van der Waals surface area contributed by atoms with Gasteiger partial charge < -0.3 is 4.74 Å². The van der Waals surface area contributed by atoms with Crippen LogP contribution in [-0.4, -0.2) is 33.0 Å². The van der Waals surface area contributed by atoms with Gasteiger partial charge in [-0.2, -0.15) is 0 Å². The average molecular weight is 379 g/mol. The number of hydrogen-bond donors (Lipinski definition) is 1. The van der Waals surface area contributed by atoms with Gasteiger partial charge in [-0.15, -0.1) is 5.10 Å². The van der Waals surface area contributed by atoms with Gasteiger partial charge in [0, 0.05) is 0 Å². The van der Waals surface area contributed by atoms with E-state index in [4.69, 9.17) is 4.74 Å². The van der Waals surface area contributed by atoms with Crippen LogP contribution in [-0.2, 0) is 0 Å². The van der Waals surface area contributed by atoms with Crippen LogP contribution in [0.3, 0.4) is 0 Å². The number of carbonyl (C=O) groups excluding carboxylic acids is 1. The first-order chi connectivity index (χ1) is 13.1. The number of rotatable bonds is 4. The lowest BCUT2D eigenvalue weighted by Crippen LogP contribution is -2.14. The Kier molecular flexibility index (Phi) is 4.33. The summed E-state index contributed by atoms with van der Waals surface area (Å²) in [6.45, 7) is 3.82. The molecule has 2 aromatic carbocycles. The van der Waals surface area contributed by atoms with Crippen molar-refractivity contribution in [2.75, 3.05) is 12.4 Å². The van der Waals surface area contributed by atoms with Gasteiger partial charge in [0.25, 0.3) is 5.91 Å². The number of para-hydroxylation sites is 1. The highest BCUT2D eigenvalue weighted by Gasteiger charge is 2.19. The first kappa shape index (κ1) is 17.2. The van der Waals surface area contributed by atoms with Gasteiger partial charge in [0.1, 0.15) is 5.75 Å². The van der Waals surface area contributed by atoms with Crippen LogP contribution in [0, 0.1) is 13.8 Å². The maximum absolute atomic E-state index is 12.7. The number of anilines is 1. The molecule has 0 unspecified atom stereocenters. The van der Waals surface area contributed by atoms with E-state index in [1.54, 1.807) is 11.8 Å². The largest absolute Gasteiger partial charge is 0.497 e. The first-order valence-electron chi connectivity index (χ1n) is 8.31. The van der Waals surface area contributed by atoms with E-state index in [0.717, 1.165) is 27.2 Å². The van der Waals surface area contributed by atoms with Gasteiger partial charge in [-0.1, -0.05) is 34.7 Å². The lowest BCUT2D eigenvalue weighted by Gasteiger charge is -2.06. The quantitative estimate of drug-likeness (QED) is 0.584. The molecular formula is C19H17N5O2S. The van der Waals surface area contributed by atoms with Crippen molar-refractivity contribution < 1.29 is 9.53 Å². The molecule has 4 rings (SSSR count). The van der Waals surface area contributed by atoms with E-state index in [1.807, 2.05) is 56.3 Å². The number of thiazole rings is 1. The minimum Gasteiger partial charge on any atom is -0.497 e. The van der Waals surface area contributed by atoms with Gasteiger partial charge in [0.2, 0.25) is 0 Å². The van der Waals surface area contributed by atoms with Gasteiger partial charge >= 0.3 is 0 Å². The molecule has 1 N–H and O–H groups in total. The molecule has 0 saturated heterocycles. The molecule has 0 fully saturated rings. The summed E-state index contributed by atoms with van der Waals surface area (Å²) in [6, 6.07) is 13.4. The number of benzene rings is 2. The first-order valence-corrected chi connectivity index (χ1v) is 9.12. The lowest BCUT2D eigenvalue weighted by molar-refractivity contribution is 0.102. The number of nitrogens with one attached hydrogen (secondary N) is 1. The summed E-state index contributed by atoms with van der Waals surface area (Å²) in [5.74, 6) is 0.416. The average Bonchev–Trinajstić information content (AvgIpc) is 3.24. The fourth-order valence-electron chi connectivity index (χ4n) is 2.81. The van der Waals surface area contributed by atoms with Crippen molar-refractivity contribution in [3.63, 3.8) is 0 Å². The second-order valence-corrected chi connectivity index (χ2v) is 7.06. The molecule has 0 saturated carbocycles. The van der Waals surface area contributed by atoms with Crippen molar-refractivity contribution in [1.29, 1.82) is 0 Å². The third kappa shape index (κ3) is 3.15.